The Hall–Kier alpha value is -0.860. The molecule has 0 aliphatic heterocycles. The molecule has 0 saturated carbocycles. The third-order valence-electron chi connectivity index (χ3n) is 3.09. The van der Waals surface area contributed by atoms with Gasteiger partial charge in [-0.05, 0) is 31.2 Å². The minimum atomic E-state index is -0.158. The minimum absolute atomic E-state index is 0.158. The molecule has 4 N–H and O–H groups in total. The van der Waals surface area contributed by atoms with Crippen LogP contribution in [0.5, 0.6) is 0 Å². The van der Waals surface area contributed by atoms with Gasteiger partial charge in [-0.15, -0.1) is 0 Å². The molecule has 0 spiro atoms. The first-order chi connectivity index (χ1) is 7.20. The number of hydrogen-bond donors (Lipinski definition) is 2. The van der Waals surface area contributed by atoms with Crippen molar-refractivity contribution in [1.29, 1.82) is 0 Å². The molecule has 0 fully saturated rings. The fourth-order valence-corrected chi connectivity index (χ4v) is 1.71. The molecule has 0 aliphatic carbocycles. The lowest BCUT2D eigenvalue weighted by molar-refractivity contribution is 0.379. The van der Waals surface area contributed by atoms with Crippen LogP contribution in [-0.4, -0.2) is 12.1 Å². The Bertz CT molecular complexity index is 265. The van der Waals surface area contributed by atoms with E-state index >= 15 is 0 Å². The summed E-state index contributed by atoms with van der Waals surface area (Å²) in [7, 11) is 0. The fourth-order valence-electron chi connectivity index (χ4n) is 1.71. The molecule has 1 unspecified atom stereocenters. The molecule has 0 aromatic heterocycles. The molecule has 0 bridgehead atoms. The summed E-state index contributed by atoms with van der Waals surface area (Å²) in [5, 5.41) is 0. The second-order valence-corrected chi connectivity index (χ2v) is 4.26. The third kappa shape index (κ3) is 4.02. The number of benzene rings is 1. The van der Waals surface area contributed by atoms with Gasteiger partial charge in [-0.1, -0.05) is 37.3 Å². The quantitative estimate of drug-likeness (QED) is 0.748. The second-order valence-electron chi connectivity index (χ2n) is 4.26. The molecule has 0 radical (unpaired) electrons. The van der Waals surface area contributed by atoms with Crippen molar-refractivity contribution in [3.8, 4) is 0 Å². The molecule has 1 atom stereocenters. The lowest BCUT2D eigenvalue weighted by Gasteiger charge is -2.26. The summed E-state index contributed by atoms with van der Waals surface area (Å²) >= 11 is 0. The van der Waals surface area contributed by atoms with E-state index in [1.807, 2.05) is 6.07 Å². The van der Waals surface area contributed by atoms with Gasteiger partial charge in [-0.3, -0.25) is 0 Å². The summed E-state index contributed by atoms with van der Waals surface area (Å²) < 4.78 is 0. The Morgan fingerprint density at radius 3 is 2.40 bits per heavy atom. The highest BCUT2D eigenvalue weighted by Crippen LogP contribution is 2.14. The van der Waals surface area contributed by atoms with Crippen molar-refractivity contribution in [3.05, 3.63) is 35.9 Å². The fraction of sp³-hybridized carbons (Fsp3) is 0.538. The lowest BCUT2D eigenvalue weighted by atomic mass is 9.90. The van der Waals surface area contributed by atoms with Crippen molar-refractivity contribution < 1.29 is 0 Å². The van der Waals surface area contributed by atoms with Gasteiger partial charge in [-0.25, -0.2) is 0 Å². The van der Waals surface area contributed by atoms with Crippen LogP contribution in [0, 0.1) is 0 Å². The Labute approximate surface area is 92.7 Å². The Morgan fingerprint density at radius 1 is 1.20 bits per heavy atom. The average molecular weight is 206 g/mol. The van der Waals surface area contributed by atoms with Gasteiger partial charge in [0, 0.05) is 12.1 Å². The third-order valence-corrected chi connectivity index (χ3v) is 3.09. The lowest BCUT2D eigenvalue weighted by Crippen LogP contribution is -2.46. The molecular formula is C13H22N2. The number of rotatable bonds is 6. The second kappa shape index (κ2) is 5.89. The van der Waals surface area contributed by atoms with Crippen molar-refractivity contribution >= 4 is 0 Å². The molecule has 1 aromatic carbocycles. The maximum Gasteiger partial charge on any atom is 0.0276 e. The molecule has 15 heavy (non-hydrogen) atoms. The summed E-state index contributed by atoms with van der Waals surface area (Å²) in [6, 6.07) is 10.5. The van der Waals surface area contributed by atoms with Crippen molar-refractivity contribution in [1.82, 2.24) is 0 Å². The van der Waals surface area contributed by atoms with Gasteiger partial charge >= 0.3 is 0 Å². The zero-order valence-electron chi connectivity index (χ0n) is 9.58. The predicted octanol–water partition coefficient (Wildman–Crippen LogP) is 2.08. The topological polar surface area (TPSA) is 52.0 Å². The maximum atomic E-state index is 6.14. The van der Waals surface area contributed by atoms with E-state index in [9.17, 15) is 0 Å². The van der Waals surface area contributed by atoms with E-state index in [4.69, 9.17) is 11.5 Å². The Balaban J connectivity index is 2.33. The van der Waals surface area contributed by atoms with Crippen LogP contribution in [-0.2, 0) is 6.42 Å². The molecule has 2 nitrogen and oxygen atoms in total. The van der Waals surface area contributed by atoms with Gasteiger partial charge in [-0.2, -0.15) is 0 Å². The summed E-state index contributed by atoms with van der Waals surface area (Å²) in [6.07, 6.45) is 4.18. The molecule has 1 aromatic rings. The predicted molar refractivity (Wildman–Crippen MR) is 65.6 cm³/mol. The summed E-state index contributed by atoms with van der Waals surface area (Å²) in [5.74, 6) is 0. The van der Waals surface area contributed by atoms with Crippen LogP contribution in [0.15, 0.2) is 30.3 Å². The van der Waals surface area contributed by atoms with E-state index in [0.29, 0.717) is 6.54 Å². The molecular weight excluding hydrogens is 184 g/mol. The van der Waals surface area contributed by atoms with Crippen LogP contribution in [0.4, 0.5) is 0 Å². The van der Waals surface area contributed by atoms with Gasteiger partial charge < -0.3 is 11.5 Å². The standard InChI is InChI=1S/C13H22N2/c1-2-13(15,11-14)10-6-9-12-7-4-3-5-8-12/h3-5,7-8H,2,6,9-11,14-15H2,1H3. The van der Waals surface area contributed by atoms with Gasteiger partial charge in [0.2, 0.25) is 0 Å². The van der Waals surface area contributed by atoms with Crippen LogP contribution in [0.3, 0.4) is 0 Å². The summed E-state index contributed by atoms with van der Waals surface area (Å²) in [4.78, 5) is 0. The smallest absolute Gasteiger partial charge is 0.0276 e. The van der Waals surface area contributed by atoms with Gasteiger partial charge in [0.1, 0.15) is 0 Å². The van der Waals surface area contributed by atoms with E-state index in [0.717, 1.165) is 25.7 Å². The maximum absolute atomic E-state index is 6.14. The molecule has 0 aliphatic rings. The Kier molecular flexibility index (Phi) is 4.79. The van der Waals surface area contributed by atoms with Crippen LogP contribution < -0.4 is 11.5 Å². The first-order valence-corrected chi connectivity index (χ1v) is 5.73. The van der Waals surface area contributed by atoms with Crippen molar-refractivity contribution in [2.75, 3.05) is 6.54 Å². The highest BCUT2D eigenvalue weighted by atomic mass is 14.8. The number of hydrogen-bond acceptors (Lipinski definition) is 2. The first kappa shape index (κ1) is 12.2. The van der Waals surface area contributed by atoms with Crippen LogP contribution in [0.25, 0.3) is 0 Å². The van der Waals surface area contributed by atoms with E-state index in [-0.39, 0.29) is 5.54 Å². The van der Waals surface area contributed by atoms with Crippen molar-refractivity contribution in [3.63, 3.8) is 0 Å². The highest BCUT2D eigenvalue weighted by molar-refractivity contribution is 5.14. The molecule has 0 saturated heterocycles. The summed E-state index contributed by atoms with van der Waals surface area (Å²) in [5.41, 5.74) is 13.0. The van der Waals surface area contributed by atoms with Crippen LogP contribution in [0.2, 0.25) is 0 Å². The van der Waals surface area contributed by atoms with Gasteiger partial charge in [0.05, 0.1) is 0 Å². The number of aryl methyl sites for hydroxylation is 1. The first-order valence-electron chi connectivity index (χ1n) is 5.73. The highest BCUT2D eigenvalue weighted by Gasteiger charge is 2.19. The molecule has 1 rings (SSSR count). The summed E-state index contributed by atoms with van der Waals surface area (Å²) in [6.45, 7) is 2.69. The molecule has 0 amide bonds. The molecule has 84 valence electrons. The van der Waals surface area contributed by atoms with Crippen molar-refractivity contribution in [2.24, 2.45) is 11.5 Å². The van der Waals surface area contributed by atoms with E-state index in [2.05, 4.69) is 31.2 Å². The molecule has 2 heteroatoms. The van der Waals surface area contributed by atoms with Crippen LogP contribution >= 0.6 is 0 Å². The van der Waals surface area contributed by atoms with Crippen molar-refractivity contribution in [2.45, 2.75) is 38.1 Å². The minimum Gasteiger partial charge on any atom is -0.329 e. The average Bonchev–Trinajstić information content (AvgIpc) is 2.30. The van der Waals surface area contributed by atoms with Crippen LogP contribution in [0.1, 0.15) is 31.7 Å². The largest absolute Gasteiger partial charge is 0.329 e. The Morgan fingerprint density at radius 2 is 1.87 bits per heavy atom. The number of nitrogens with two attached hydrogens (primary N) is 2. The van der Waals surface area contributed by atoms with E-state index in [1.165, 1.54) is 5.56 Å². The monoisotopic (exact) mass is 206 g/mol. The normalized spacial score (nSPS) is 14.9. The molecule has 0 heterocycles. The van der Waals surface area contributed by atoms with Gasteiger partial charge in [0.25, 0.3) is 0 Å². The van der Waals surface area contributed by atoms with E-state index in [1.54, 1.807) is 0 Å². The SMILES string of the molecule is CCC(N)(CN)CCCc1ccccc1. The van der Waals surface area contributed by atoms with E-state index < -0.39 is 0 Å². The zero-order chi connectivity index (χ0) is 11.1. The van der Waals surface area contributed by atoms with Gasteiger partial charge in [0.15, 0.2) is 0 Å². The zero-order valence-corrected chi connectivity index (χ0v) is 9.58.